The first-order chi connectivity index (χ1) is 14.9. The minimum absolute atomic E-state index is 0.135. The van der Waals surface area contributed by atoms with E-state index >= 15 is 0 Å². The second-order valence-electron chi connectivity index (χ2n) is 6.59. The van der Waals surface area contributed by atoms with Crippen molar-refractivity contribution < 1.29 is 23.0 Å². The number of sulfonamides is 1. The van der Waals surface area contributed by atoms with Crippen LogP contribution in [0.1, 0.15) is 26.9 Å². The molecule has 0 radical (unpaired) electrons. The van der Waals surface area contributed by atoms with Gasteiger partial charge in [0.05, 0.1) is 9.80 Å². The largest absolute Gasteiger partial charge is 0.385 e. The fourth-order valence-corrected chi connectivity index (χ4v) is 5.36. The molecule has 11 heteroatoms. The van der Waals surface area contributed by atoms with Gasteiger partial charge in [0.25, 0.3) is 11.6 Å². The van der Waals surface area contributed by atoms with Gasteiger partial charge in [0.2, 0.25) is 10.0 Å². The Hall–Kier alpha value is -3.57. The van der Waals surface area contributed by atoms with Gasteiger partial charge in [-0.1, -0.05) is 41.6 Å². The molecule has 31 heavy (non-hydrogen) atoms. The van der Waals surface area contributed by atoms with Crippen molar-refractivity contribution >= 4 is 38.7 Å². The van der Waals surface area contributed by atoms with Gasteiger partial charge in [-0.3, -0.25) is 14.9 Å². The molecule has 0 bridgehead atoms. The highest BCUT2D eigenvalue weighted by atomic mass is 32.2. The van der Waals surface area contributed by atoms with Crippen LogP contribution in [0.2, 0.25) is 0 Å². The quantitative estimate of drug-likeness (QED) is 0.447. The van der Waals surface area contributed by atoms with E-state index in [4.69, 9.17) is 4.84 Å². The summed E-state index contributed by atoms with van der Waals surface area (Å²) in [5.41, 5.74) is 0.886. The number of benzene rings is 2. The molecule has 9 nitrogen and oxygen atoms in total. The predicted octanol–water partition coefficient (Wildman–Crippen LogP) is 3.26. The van der Waals surface area contributed by atoms with E-state index in [1.54, 1.807) is 41.8 Å². The Morgan fingerprint density at radius 3 is 2.39 bits per heavy atom. The zero-order chi connectivity index (χ0) is 22.0. The molecule has 0 aliphatic carbocycles. The van der Waals surface area contributed by atoms with Crippen LogP contribution in [0.3, 0.4) is 0 Å². The number of nitro benzene ring substituents is 1. The Balaban J connectivity index is 1.72. The second kappa shape index (κ2) is 8.28. The summed E-state index contributed by atoms with van der Waals surface area (Å²) >= 11 is 1.11. The van der Waals surface area contributed by atoms with Gasteiger partial charge in [0.1, 0.15) is 5.71 Å². The fraction of sp³-hybridized carbons (Fsp3) is 0.100. The van der Waals surface area contributed by atoms with Crippen molar-refractivity contribution in [2.24, 2.45) is 5.16 Å². The summed E-state index contributed by atoms with van der Waals surface area (Å²) in [5, 5.41) is 15.2. The number of carbonyl (C=O) groups is 1. The standard InChI is InChI=1S/C20H15N3O6S2/c24-20(16-7-4-12-30-16)22-31(27,28)19-17(13-5-2-1-3-6-13)21-29-18(19)14-8-10-15(11-9-14)23(25)26/h1-12,18-19H,(H,22,24). The molecule has 2 heterocycles. The molecule has 1 amide bonds. The van der Waals surface area contributed by atoms with Crippen molar-refractivity contribution in [3.8, 4) is 0 Å². The predicted molar refractivity (Wildman–Crippen MR) is 114 cm³/mol. The van der Waals surface area contributed by atoms with Crippen LogP contribution in [0.5, 0.6) is 0 Å². The second-order valence-corrected chi connectivity index (χ2v) is 9.34. The average Bonchev–Trinajstić information content (AvgIpc) is 3.45. The molecule has 1 aliphatic heterocycles. The first-order valence-electron chi connectivity index (χ1n) is 9.00. The number of nitrogens with zero attached hydrogens (tertiary/aromatic N) is 2. The topological polar surface area (TPSA) is 128 Å². The highest BCUT2D eigenvalue weighted by Crippen LogP contribution is 2.35. The van der Waals surface area contributed by atoms with E-state index in [0.29, 0.717) is 11.1 Å². The van der Waals surface area contributed by atoms with Crippen molar-refractivity contribution in [3.05, 3.63) is 98.2 Å². The lowest BCUT2D eigenvalue weighted by molar-refractivity contribution is -0.384. The first-order valence-corrected chi connectivity index (χ1v) is 11.4. The van der Waals surface area contributed by atoms with Gasteiger partial charge < -0.3 is 4.84 Å². The molecule has 3 aromatic rings. The summed E-state index contributed by atoms with van der Waals surface area (Å²) in [6.45, 7) is 0. The molecule has 0 saturated carbocycles. The summed E-state index contributed by atoms with van der Waals surface area (Å²) in [6, 6.07) is 17.1. The van der Waals surface area contributed by atoms with Crippen LogP contribution >= 0.6 is 11.3 Å². The number of carbonyl (C=O) groups excluding carboxylic acids is 1. The summed E-state index contributed by atoms with van der Waals surface area (Å²) in [7, 11) is -4.29. The van der Waals surface area contributed by atoms with E-state index in [1.165, 1.54) is 30.3 Å². The van der Waals surface area contributed by atoms with E-state index in [1.807, 2.05) is 0 Å². The number of hydrogen-bond donors (Lipinski definition) is 1. The van der Waals surface area contributed by atoms with E-state index < -0.39 is 32.2 Å². The lowest BCUT2D eigenvalue weighted by Crippen LogP contribution is -2.43. The third-order valence-corrected chi connectivity index (χ3v) is 7.10. The molecule has 4 rings (SSSR count). The molecule has 1 aromatic heterocycles. The van der Waals surface area contributed by atoms with Gasteiger partial charge in [-0.25, -0.2) is 13.1 Å². The summed E-state index contributed by atoms with van der Waals surface area (Å²) in [4.78, 5) is 28.5. The smallest absolute Gasteiger partial charge is 0.274 e. The molecular formula is C20H15N3O6S2. The van der Waals surface area contributed by atoms with E-state index in [2.05, 4.69) is 9.88 Å². The Labute approximate surface area is 181 Å². The van der Waals surface area contributed by atoms with Crippen LogP contribution in [-0.2, 0) is 14.9 Å². The monoisotopic (exact) mass is 457 g/mol. The van der Waals surface area contributed by atoms with Crippen molar-refractivity contribution in [2.75, 3.05) is 0 Å². The van der Waals surface area contributed by atoms with Gasteiger partial charge in [-0.15, -0.1) is 11.3 Å². The number of rotatable bonds is 6. The molecule has 0 saturated heterocycles. The lowest BCUT2D eigenvalue weighted by Gasteiger charge is -2.20. The van der Waals surface area contributed by atoms with Gasteiger partial charge in [-0.05, 0) is 29.1 Å². The minimum Gasteiger partial charge on any atom is -0.385 e. The number of amides is 1. The SMILES string of the molecule is O=C(NS(=O)(=O)C1C(c2ccccc2)=NOC1c1ccc([N+](=O)[O-])cc1)c1cccs1. The van der Waals surface area contributed by atoms with Crippen molar-refractivity contribution in [1.29, 1.82) is 0 Å². The minimum atomic E-state index is -4.29. The van der Waals surface area contributed by atoms with E-state index in [-0.39, 0.29) is 16.3 Å². The molecule has 0 fully saturated rings. The van der Waals surface area contributed by atoms with Crippen molar-refractivity contribution in [1.82, 2.24) is 4.72 Å². The van der Waals surface area contributed by atoms with Crippen LogP contribution in [-0.4, -0.2) is 30.2 Å². The number of hydrogen-bond acceptors (Lipinski definition) is 8. The molecule has 158 valence electrons. The third kappa shape index (κ3) is 4.18. The maximum absolute atomic E-state index is 13.3. The summed E-state index contributed by atoms with van der Waals surface area (Å²) in [6.07, 6.45) is -1.09. The number of nitrogens with one attached hydrogen (secondary N) is 1. The Kier molecular flexibility index (Phi) is 5.53. The van der Waals surface area contributed by atoms with Gasteiger partial charge in [0, 0.05) is 17.7 Å². The van der Waals surface area contributed by atoms with Crippen LogP contribution < -0.4 is 4.72 Å². The molecule has 1 aliphatic rings. The maximum atomic E-state index is 13.3. The number of nitro groups is 1. The van der Waals surface area contributed by atoms with Crippen molar-refractivity contribution in [3.63, 3.8) is 0 Å². The van der Waals surface area contributed by atoms with Gasteiger partial charge in [-0.2, -0.15) is 0 Å². The summed E-state index contributed by atoms with van der Waals surface area (Å²) < 4.78 is 28.7. The molecule has 1 N–H and O–H groups in total. The molecule has 2 atom stereocenters. The lowest BCUT2D eigenvalue weighted by atomic mass is 9.99. The highest BCUT2D eigenvalue weighted by Gasteiger charge is 2.46. The van der Waals surface area contributed by atoms with Crippen LogP contribution in [0.25, 0.3) is 0 Å². The molecular weight excluding hydrogens is 442 g/mol. The van der Waals surface area contributed by atoms with Crippen LogP contribution in [0.15, 0.2) is 77.3 Å². The number of non-ortho nitro benzene ring substituents is 1. The Morgan fingerprint density at radius 2 is 1.77 bits per heavy atom. The van der Waals surface area contributed by atoms with Crippen LogP contribution in [0.4, 0.5) is 5.69 Å². The van der Waals surface area contributed by atoms with Crippen LogP contribution in [0, 0.1) is 10.1 Å². The Bertz CT molecular complexity index is 1240. The third-order valence-electron chi connectivity index (χ3n) is 4.63. The van der Waals surface area contributed by atoms with E-state index in [9.17, 15) is 23.3 Å². The fourth-order valence-electron chi connectivity index (χ4n) is 3.17. The molecule has 2 unspecified atom stereocenters. The van der Waals surface area contributed by atoms with Gasteiger partial charge >= 0.3 is 0 Å². The highest BCUT2D eigenvalue weighted by molar-refractivity contribution is 7.91. The molecule has 2 aromatic carbocycles. The first kappa shape index (κ1) is 20.7. The zero-order valence-electron chi connectivity index (χ0n) is 15.7. The molecule has 0 spiro atoms. The van der Waals surface area contributed by atoms with Gasteiger partial charge in [0.15, 0.2) is 11.4 Å². The van der Waals surface area contributed by atoms with Crippen molar-refractivity contribution in [2.45, 2.75) is 11.4 Å². The maximum Gasteiger partial charge on any atom is 0.274 e. The average molecular weight is 457 g/mol. The summed E-state index contributed by atoms with van der Waals surface area (Å²) in [5.74, 6) is -0.753. The zero-order valence-corrected chi connectivity index (χ0v) is 17.4. The normalized spacial score (nSPS) is 18.1. The number of oxime groups is 1. The van der Waals surface area contributed by atoms with E-state index in [0.717, 1.165) is 11.3 Å². The Morgan fingerprint density at radius 1 is 1.06 bits per heavy atom. The number of thiophene rings is 1.